The molecule has 0 aliphatic carbocycles. The van der Waals surface area contributed by atoms with Crippen molar-refractivity contribution in [2.24, 2.45) is 0 Å². The molecule has 0 aromatic carbocycles. The van der Waals surface area contributed by atoms with E-state index >= 15 is 0 Å². The van der Waals surface area contributed by atoms with E-state index in [0.717, 1.165) is 0 Å². The van der Waals surface area contributed by atoms with Crippen LogP contribution in [-0.4, -0.2) is 68.5 Å². The summed E-state index contributed by atoms with van der Waals surface area (Å²) in [6, 6.07) is -0.885. The first-order valence-electron chi connectivity index (χ1n) is 4.61. The van der Waals surface area contributed by atoms with Crippen molar-refractivity contribution >= 4 is 5.97 Å². The topological polar surface area (TPSA) is 130 Å². The zero-order valence-electron chi connectivity index (χ0n) is 7.95. The van der Waals surface area contributed by atoms with Crippen molar-refractivity contribution in [3.05, 3.63) is 0 Å². The normalized spacial score (nSPS) is 42.3. The Labute approximate surface area is 86.0 Å². The smallest absolute Gasteiger partial charge is 0.305 e. The molecule has 1 saturated heterocycles. The Kier molecular flexibility index (Phi) is 4.00. The maximum Gasteiger partial charge on any atom is 0.305 e. The van der Waals surface area contributed by atoms with Gasteiger partial charge < -0.3 is 30.8 Å². The number of nitrogens with one attached hydrogen (secondary N) is 1. The van der Waals surface area contributed by atoms with Crippen LogP contribution in [0.15, 0.2) is 0 Å². The SMILES string of the molecule is O=C(O)C[C@H]1NC[C@@H](O)[C@H](O)[C@H](O)[C@H]1O. The minimum Gasteiger partial charge on any atom is -0.481 e. The van der Waals surface area contributed by atoms with Gasteiger partial charge in [-0.15, -0.1) is 0 Å². The van der Waals surface area contributed by atoms with Crippen molar-refractivity contribution in [2.45, 2.75) is 36.9 Å². The third-order valence-electron chi connectivity index (χ3n) is 2.49. The summed E-state index contributed by atoms with van der Waals surface area (Å²) in [5.41, 5.74) is 0. The third kappa shape index (κ3) is 2.86. The second-order valence-corrected chi connectivity index (χ2v) is 3.65. The molecule has 0 saturated carbocycles. The van der Waals surface area contributed by atoms with Gasteiger partial charge in [0.15, 0.2) is 0 Å². The van der Waals surface area contributed by atoms with Crippen LogP contribution < -0.4 is 5.32 Å². The van der Waals surface area contributed by atoms with Crippen LogP contribution in [-0.2, 0) is 4.79 Å². The summed E-state index contributed by atoms with van der Waals surface area (Å²) in [5, 5.41) is 48.6. The first kappa shape index (κ1) is 12.3. The zero-order valence-corrected chi connectivity index (χ0v) is 7.95. The molecule has 5 atom stereocenters. The molecule has 0 unspecified atom stereocenters. The van der Waals surface area contributed by atoms with E-state index in [2.05, 4.69) is 5.32 Å². The number of aliphatic carboxylic acids is 1. The molecule has 88 valence electrons. The van der Waals surface area contributed by atoms with Crippen LogP contribution >= 0.6 is 0 Å². The Balaban J connectivity index is 2.71. The summed E-state index contributed by atoms with van der Waals surface area (Å²) in [7, 11) is 0. The highest BCUT2D eigenvalue weighted by atomic mass is 16.4. The van der Waals surface area contributed by atoms with E-state index < -0.39 is 42.8 Å². The maximum absolute atomic E-state index is 10.4. The largest absolute Gasteiger partial charge is 0.481 e. The maximum atomic E-state index is 10.4. The summed E-state index contributed by atoms with van der Waals surface area (Å²) in [4.78, 5) is 10.4. The Hall–Kier alpha value is -0.730. The lowest BCUT2D eigenvalue weighted by Gasteiger charge is -2.25. The third-order valence-corrected chi connectivity index (χ3v) is 2.49. The fourth-order valence-corrected chi connectivity index (χ4v) is 1.56. The average Bonchev–Trinajstić information content (AvgIpc) is 2.25. The highest BCUT2D eigenvalue weighted by Gasteiger charge is 2.39. The standard InChI is InChI=1S/C8H15NO6/c10-4-2-9-3(1-5(11)12)6(13)8(15)7(4)14/h3-4,6-10,13-15H,1-2H2,(H,11,12)/t3-,4-,6+,7+,8-/m1/s1. The number of hydrogen-bond acceptors (Lipinski definition) is 6. The number of aliphatic hydroxyl groups excluding tert-OH is 4. The number of hydrogen-bond donors (Lipinski definition) is 6. The van der Waals surface area contributed by atoms with Crippen LogP contribution in [0.5, 0.6) is 0 Å². The molecule has 0 amide bonds. The summed E-state index contributed by atoms with van der Waals surface area (Å²) in [6.45, 7) is -0.0762. The molecule has 1 fully saturated rings. The molecule has 0 aromatic rings. The predicted octanol–water partition coefficient (Wildman–Crippen LogP) is -3.12. The van der Waals surface area contributed by atoms with Crippen molar-refractivity contribution in [3.63, 3.8) is 0 Å². The fraction of sp³-hybridized carbons (Fsp3) is 0.875. The molecular weight excluding hydrogens is 206 g/mol. The van der Waals surface area contributed by atoms with Crippen LogP contribution in [0.4, 0.5) is 0 Å². The number of carbonyl (C=O) groups is 1. The highest BCUT2D eigenvalue weighted by Crippen LogP contribution is 2.14. The lowest BCUT2D eigenvalue weighted by atomic mass is 9.99. The van der Waals surface area contributed by atoms with Crippen molar-refractivity contribution < 1.29 is 30.3 Å². The summed E-state index contributed by atoms with van der Waals surface area (Å²) >= 11 is 0. The van der Waals surface area contributed by atoms with Crippen molar-refractivity contribution in [1.29, 1.82) is 0 Å². The lowest BCUT2D eigenvalue weighted by molar-refractivity contribution is -0.139. The van der Waals surface area contributed by atoms with Gasteiger partial charge in [0.25, 0.3) is 0 Å². The second kappa shape index (κ2) is 4.86. The number of β-amino-alcohol motifs (C(OH)–C–C–N with tert-alkyl or cyclic N) is 1. The van der Waals surface area contributed by atoms with Gasteiger partial charge in [0.05, 0.1) is 18.6 Å². The second-order valence-electron chi connectivity index (χ2n) is 3.65. The van der Waals surface area contributed by atoms with Crippen molar-refractivity contribution in [2.75, 3.05) is 6.54 Å². The molecule has 15 heavy (non-hydrogen) atoms. The van der Waals surface area contributed by atoms with Gasteiger partial charge in [-0.1, -0.05) is 0 Å². The van der Waals surface area contributed by atoms with Gasteiger partial charge in [0.2, 0.25) is 0 Å². The summed E-state index contributed by atoms with van der Waals surface area (Å²) in [5.74, 6) is -1.13. The van der Waals surface area contributed by atoms with E-state index in [-0.39, 0.29) is 6.54 Å². The molecule has 1 heterocycles. The molecular formula is C8H15NO6. The molecule has 7 heteroatoms. The van der Waals surface area contributed by atoms with Crippen LogP contribution in [0.3, 0.4) is 0 Å². The van der Waals surface area contributed by atoms with Crippen LogP contribution in [0.2, 0.25) is 0 Å². The molecule has 0 bridgehead atoms. The number of carboxylic acid groups (broad SMARTS) is 1. The molecule has 7 nitrogen and oxygen atoms in total. The summed E-state index contributed by atoms with van der Waals surface area (Å²) in [6.07, 6.45) is -6.08. The zero-order chi connectivity index (χ0) is 11.6. The first-order valence-corrected chi connectivity index (χ1v) is 4.61. The van der Waals surface area contributed by atoms with Gasteiger partial charge in [0, 0.05) is 12.6 Å². The van der Waals surface area contributed by atoms with Crippen LogP contribution in [0.1, 0.15) is 6.42 Å². The van der Waals surface area contributed by atoms with E-state index in [1.807, 2.05) is 0 Å². The molecule has 6 N–H and O–H groups in total. The Morgan fingerprint density at radius 3 is 2.27 bits per heavy atom. The molecule has 0 radical (unpaired) electrons. The summed E-state index contributed by atoms with van der Waals surface area (Å²) < 4.78 is 0. The molecule has 1 aliphatic rings. The first-order chi connectivity index (χ1) is 6.93. The van der Waals surface area contributed by atoms with E-state index in [0.29, 0.717) is 0 Å². The van der Waals surface area contributed by atoms with Gasteiger partial charge >= 0.3 is 5.97 Å². The lowest BCUT2D eigenvalue weighted by Crippen LogP contribution is -2.48. The highest BCUT2D eigenvalue weighted by molar-refractivity contribution is 5.67. The fourth-order valence-electron chi connectivity index (χ4n) is 1.56. The van der Waals surface area contributed by atoms with Gasteiger partial charge in [-0.05, 0) is 0 Å². The molecule has 0 spiro atoms. The average molecular weight is 221 g/mol. The minimum absolute atomic E-state index is 0.0762. The van der Waals surface area contributed by atoms with E-state index in [4.69, 9.17) is 5.11 Å². The Morgan fingerprint density at radius 2 is 1.73 bits per heavy atom. The minimum atomic E-state index is -1.56. The molecule has 1 aliphatic heterocycles. The van der Waals surface area contributed by atoms with E-state index in [1.54, 1.807) is 0 Å². The van der Waals surface area contributed by atoms with Gasteiger partial charge in [-0.25, -0.2) is 0 Å². The van der Waals surface area contributed by atoms with Crippen LogP contribution in [0, 0.1) is 0 Å². The van der Waals surface area contributed by atoms with E-state index in [1.165, 1.54) is 0 Å². The number of rotatable bonds is 2. The Bertz CT molecular complexity index is 235. The van der Waals surface area contributed by atoms with Crippen molar-refractivity contribution in [3.8, 4) is 0 Å². The number of aliphatic hydroxyl groups is 4. The quantitative estimate of drug-likeness (QED) is 0.291. The van der Waals surface area contributed by atoms with E-state index in [9.17, 15) is 25.2 Å². The number of carboxylic acids is 1. The van der Waals surface area contributed by atoms with Crippen LogP contribution in [0.25, 0.3) is 0 Å². The van der Waals surface area contributed by atoms with Gasteiger partial charge in [-0.3, -0.25) is 4.79 Å². The van der Waals surface area contributed by atoms with Gasteiger partial charge in [0.1, 0.15) is 12.2 Å². The monoisotopic (exact) mass is 221 g/mol. The predicted molar refractivity (Wildman–Crippen MR) is 48.1 cm³/mol. The van der Waals surface area contributed by atoms with Crippen molar-refractivity contribution in [1.82, 2.24) is 5.32 Å². The Morgan fingerprint density at radius 1 is 1.13 bits per heavy atom. The van der Waals surface area contributed by atoms with Gasteiger partial charge in [-0.2, -0.15) is 0 Å². The molecule has 1 rings (SSSR count). The molecule has 0 aromatic heterocycles.